The zero-order chi connectivity index (χ0) is 23.8. The van der Waals surface area contributed by atoms with Crippen molar-refractivity contribution < 1.29 is 18.7 Å². The van der Waals surface area contributed by atoms with Crippen LogP contribution in [0.2, 0.25) is 0 Å². The molecule has 1 amide bonds. The molecule has 0 unspecified atom stereocenters. The monoisotopic (exact) mass is 556 g/mol. The number of ether oxygens (including phenoxy) is 2. The van der Waals surface area contributed by atoms with Gasteiger partial charge < -0.3 is 14.8 Å². The largest absolute Gasteiger partial charge is 0.490 e. The predicted molar refractivity (Wildman–Crippen MR) is 134 cm³/mol. The fourth-order valence-electron chi connectivity index (χ4n) is 3.10. The van der Waals surface area contributed by atoms with E-state index in [0.29, 0.717) is 30.3 Å². The van der Waals surface area contributed by atoms with Gasteiger partial charge in [0.1, 0.15) is 24.1 Å². The molecule has 0 saturated heterocycles. The second kappa shape index (κ2) is 11.5. The van der Waals surface area contributed by atoms with Crippen molar-refractivity contribution >= 4 is 40.3 Å². The number of carbonyl (C=O) groups excluding carboxylic acids is 1. The van der Waals surface area contributed by atoms with E-state index in [2.05, 4.69) is 34.0 Å². The lowest BCUT2D eigenvalue weighted by atomic mass is 10.1. The van der Waals surface area contributed by atoms with Gasteiger partial charge in [0, 0.05) is 0 Å². The third-order valence-electron chi connectivity index (χ3n) is 4.60. The summed E-state index contributed by atoms with van der Waals surface area (Å²) < 4.78 is 26.4. The van der Waals surface area contributed by atoms with Crippen LogP contribution >= 0.6 is 22.6 Å². The third kappa shape index (κ3) is 6.56. The number of carbonyl (C=O) groups is 1. The third-order valence-corrected chi connectivity index (χ3v) is 5.40. The van der Waals surface area contributed by atoms with Crippen LogP contribution in [0.25, 0.3) is 6.08 Å². The second-order valence-corrected chi connectivity index (χ2v) is 8.31. The van der Waals surface area contributed by atoms with Crippen LogP contribution in [0.1, 0.15) is 23.6 Å². The average Bonchev–Trinajstić information content (AvgIpc) is 2.78. The van der Waals surface area contributed by atoms with Gasteiger partial charge in [-0.25, -0.2) is 4.39 Å². The van der Waals surface area contributed by atoms with Crippen molar-refractivity contribution in [3.05, 3.63) is 92.3 Å². The molecule has 0 spiro atoms. The number of aryl methyl sites for hydroxylation is 1. The molecule has 0 atom stereocenters. The van der Waals surface area contributed by atoms with Gasteiger partial charge in [0.2, 0.25) is 0 Å². The molecule has 33 heavy (non-hydrogen) atoms. The molecule has 0 bridgehead atoms. The minimum absolute atomic E-state index is 0.00753. The molecular weight excluding hydrogens is 534 g/mol. The van der Waals surface area contributed by atoms with Gasteiger partial charge in [0.25, 0.3) is 5.91 Å². The molecule has 0 fully saturated rings. The second-order valence-electron chi connectivity index (χ2n) is 7.14. The van der Waals surface area contributed by atoms with Crippen LogP contribution in [-0.4, -0.2) is 12.5 Å². The summed E-state index contributed by atoms with van der Waals surface area (Å²) in [6.07, 6.45) is 1.44. The summed E-state index contributed by atoms with van der Waals surface area (Å²) >= 11 is 2.13. The molecule has 3 aromatic carbocycles. The first-order valence-electron chi connectivity index (χ1n) is 10.2. The SMILES string of the molecule is CCOc1cc(/C=C(/C#N)C(=O)Nc2ccccc2F)cc(I)c1OCc1cccc(C)c1. The first kappa shape index (κ1) is 24.3. The normalized spacial score (nSPS) is 10.9. The lowest BCUT2D eigenvalue weighted by molar-refractivity contribution is -0.112. The Labute approximate surface area is 206 Å². The minimum atomic E-state index is -0.699. The Morgan fingerprint density at radius 1 is 1.15 bits per heavy atom. The smallest absolute Gasteiger partial charge is 0.266 e. The van der Waals surface area contributed by atoms with Crippen molar-refractivity contribution in [2.24, 2.45) is 0 Å². The Morgan fingerprint density at radius 2 is 1.94 bits per heavy atom. The van der Waals surface area contributed by atoms with Crippen molar-refractivity contribution in [3.8, 4) is 17.6 Å². The molecule has 0 aromatic heterocycles. The molecule has 0 saturated carbocycles. The van der Waals surface area contributed by atoms with E-state index in [1.807, 2.05) is 38.1 Å². The molecule has 7 heteroatoms. The van der Waals surface area contributed by atoms with Crippen LogP contribution in [0.5, 0.6) is 11.5 Å². The molecule has 1 N–H and O–H groups in total. The highest BCUT2D eigenvalue weighted by Gasteiger charge is 2.15. The number of anilines is 1. The highest BCUT2D eigenvalue weighted by molar-refractivity contribution is 14.1. The van der Waals surface area contributed by atoms with Crippen molar-refractivity contribution in [2.75, 3.05) is 11.9 Å². The van der Waals surface area contributed by atoms with Gasteiger partial charge in [0.15, 0.2) is 11.5 Å². The summed E-state index contributed by atoms with van der Waals surface area (Å²) in [4.78, 5) is 12.5. The maximum absolute atomic E-state index is 13.8. The van der Waals surface area contributed by atoms with Crippen LogP contribution in [-0.2, 0) is 11.4 Å². The van der Waals surface area contributed by atoms with Crippen LogP contribution in [0.4, 0.5) is 10.1 Å². The van der Waals surface area contributed by atoms with Gasteiger partial charge in [-0.15, -0.1) is 0 Å². The van der Waals surface area contributed by atoms with Crippen LogP contribution in [0.15, 0.2) is 66.2 Å². The van der Waals surface area contributed by atoms with Crippen LogP contribution < -0.4 is 14.8 Å². The summed E-state index contributed by atoms with van der Waals surface area (Å²) in [7, 11) is 0. The number of benzene rings is 3. The highest BCUT2D eigenvalue weighted by Crippen LogP contribution is 2.35. The number of nitrogens with zero attached hydrogens (tertiary/aromatic N) is 1. The molecule has 168 valence electrons. The van der Waals surface area contributed by atoms with Crippen molar-refractivity contribution in [2.45, 2.75) is 20.5 Å². The van der Waals surface area contributed by atoms with Gasteiger partial charge in [-0.1, -0.05) is 42.0 Å². The minimum Gasteiger partial charge on any atom is -0.490 e. The number of nitriles is 1. The summed E-state index contributed by atoms with van der Waals surface area (Å²) in [5.41, 5.74) is 2.62. The molecule has 0 radical (unpaired) electrons. The van der Waals surface area contributed by atoms with Gasteiger partial charge in [-0.2, -0.15) is 5.26 Å². The van der Waals surface area contributed by atoms with Crippen molar-refractivity contribution in [3.63, 3.8) is 0 Å². The first-order valence-corrected chi connectivity index (χ1v) is 11.3. The fraction of sp³-hybridized carbons (Fsp3) is 0.154. The molecule has 0 aliphatic heterocycles. The van der Waals surface area contributed by atoms with Crippen LogP contribution in [0.3, 0.4) is 0 Å². The standard InChI is InChI=1S/C26H22FIN2O3/c1-3-32-24-14-19(12-20(15-29)26(31)30-23-10-5-4-9-21(23)27)13-22(28)25(24)33-16-18-8-6-7-17(2)11-18/h4-14H,3,16H2,1-2H3,(H,30,31)/b20-12-. The molecular formula is C26H22FIN2O3. The van der Waals surface area contributed by atoms with E-state index in [-0.39, 0.29) is 11.3 Å². The Hall–Kier alpha value is -3.38. The summed E-state index contributed by atoms with van der Waals surface area (Å²) in [6, 6.07) is 19.2. The Bertz CT molecular complexity index is 1230. The Balaban J connectivity index is 1.86. The van der Waals surface area contributed by atoms with E-state index < -0.39 is 11.7 Å². The molecule has 3 aromatic rings. The summed E-state index contributed by atoms with van der Waals surface area (Å²) in [5.74, 6) is -0.178. The zero-order valence-electron chi connectivity index (χ0n) is 18.2. The lowest BCUT2D eigenvalue weighted by Crippen LogP contribution is -2.14. The van der Waals surface area contributed by atoms with Gasteiger partial charge in [0.05, 0.1) is 15.9 Å². The number of nitrogens with one attached hydrogen (secondary N) is 1. The fourth-order valence-corrected chi connectivity index (χ4v) is 3.88. The number of rotatable bonds is 8. The van der Waals surface area contributed by atoms with Crippen LogP contribution in [0, 0.1) is 27.6 Å². The van der Waals surface area contributed by atoms with Crippen molar-refractivity contribution in [1.29, 1.82) is 5.26 Å². The van der Waals surface area contributed by atoms with E-state index in [1.165, 1.54) is 24.3 Å². The van der Waals surface area contributed by atoms with E-state index in [0.717, 1.165) is 14.7 Å². The molecule has 0 heterocycles. The topological polar surface area (TPSA) is 71.3 Å². The van der Waals surface area contributed by atoms with E-state index >= 15 is 0 Å². The summed E-state index contributed by atoms with van der Waals surface area (Å²) in [5, 5.41) is 11.9. The van der Waals surface area contributed by atoms with Crippen molar-refractivity contribution in [1.82, 2.24) is 0 Å². The zero-order valence-corrected chi connectivity index (χ0v) is 20.4. The average molecular weight is 556 g/mol. The number of hydrogen-bond acceptors (Lipinski definition) is 4. The maximum atomic E-state index is 13.8. The molecule has 0 aliphatic rings. The first-order chi connectivity index (χ1) is 15.9. The molecule has 3 rings (SSSR count). The van der Waals surface area contributed by atoms with E-state index in [4.69, 9.17) is 9.47 Å². The summed E-state index contributed by atoms with van der Waals surface area (Å²) in [6.45, 7) is 4.68. The van der Waals surface area contributed by atoms with Gasteiger partial charge in [-0.05, 0) is 77.9 Å². The maximum Gasteiger partial charge on any atom is 0.266 e. The number of hydrogen-bond donors (Lipinski definition) is 1. The highest BCUT2D eigenvalue weighted by atomic mass is 127. The van der Waals surface area contributed by atoms with Gasteiger partial charge in [-0.3, -0.25) is 4.79 Å². The predicted octanol–water partition coefficient (Wildman–Crippen LogP) is 6.26. The number of halogens is 2. The van der Waals surface area contributed by atoms with E-state index in [9.17, 15) is 14.4 Å². The lowest BCUT2D eigenvalue weighted by Gasteiger charge is -2.15. The number of para-hydroxylation sites is 1. The quantitative estimate of drug-likeness (QED) is 0.202. The molecule has 5 nitrogen and oxygen atoms in total. The Morgan fingerprint density at radius 3 is 2.64 bits per heavy atom. The van der Waals surface area contributed by atoms with Gasteiger partial charge >= 0.3 is 0 Å². The number of amides is 1. The van der Waals surface area contributed by atoms with E-state index in [1.54, 1.807) is 18.2 Å². The molecule has 0 aliphatic carbocycles. The Kier molecular flexibility index (Phi) is 8.44.